The van der Waals surface area contributed by atoms with Gasteiger partial charge < -0.3 is 19.7 Å². The Labute approximate surface area is 137 Å². The van der Waals surface area contributed by atoms with E-state index >= 15 is 0 Å². The second kappa shape index (κ2) is 7.70. The third kappa shape index (κ3) is 3.65. The maximum atomic E-state index is 12.5. The molecular formula is C16H23ClN2O3. The van der Waals surface area contributed by atoms with Gasteiger partial charge in [0.25, 0.3) is 5.91 Å². The molecule has 6 heteroatoms. The van der Waals surface area contributed by atoms with Gasteiger partial charge in [-0.1, -0.05) is 6.92 Å². The van der Waals surface area contributed by atoms with Crippen molar-refractivity contribution in [3.63, 3.8) is 0 Å². The monoisotopic (exact) mass is 326 g/mol. The lowest BCUT2D eigenvalue weighted by atomic mass is 9.96. The average Bonchev–Trinajstić information content (AvgIpc) is 3.00. The smallest absolute Gasteiger partial charge is 0.253 e. The molecule has 0 saturated carbocycles. The van der Waals surface area contributed by atoms with Crippen LogP contribution in [-0.2, 0) is 0 Å². The van der Waals surface area contributed by atoms with Gasteiger partial charge >= 0.3 is 0 Å². The standard InChI is InChI=1S/C16H22N2O3.ClH/c1-2-17-10-12-5-7-18(8-6-12)16(19)13-3-4-14-15(9-13)21-11-20-14;/h3-4,9,12,17H,2,5-8,10-11H2,1H3;1H. The highest BCUT2D eigenvalue weighted by Crippen LogP contribution is 2.33. The van der Waals surface area contributed by atoms with Crippen molar-refractivity contribution in [2.75, 3.05) is 33.0 Å². The van der Waals surface area contributed by atoms with Crippen molar-refractivity contribution in [3.05, 3.63) is 23.8 Å². The molecular weight excluding hydrogens is 304 g/mol. The number of nitrogens with zero attached hydrogens (tertiary/aromatic N) is 1. The Kier molecular flexibility index (Phi) is 5.91. The van der Waals surface area contributed by atoms with Gasteiger partial charge in [0.2, 0.25) is 6.79 Å². The zero-order valence-electron chi connectivity index (χ0n) is 12.8. The fourth-order valence-electron chi connectivity index (χ4n) is 2.90. The first-order valence-corrected chi connectivity index (χ1v) is 7.67. The van der Waals surface area contributed by atoms with Crippen LogP contribution in [0.3, 0.4) is 0 Å². The normalized spacial score (nSPS) is 17.2. The topological polar surface area (TPSA) is 50.8 Å². The number of carbonyl (C=O) groups is 1. The predicted molar refractivity (Wildman–Crippen MR) is 87.0 cm³/mol. The highest BCUT2D eigenvalue weighted by molar-refractivity contribution is 5.95. The van der Waals surface area contributed by atoms with Crippen molar-refractivity contribution in [1.82, 2.24) is 10.2 Å². The quantitative estimate of drug-likeness (QED) is 0.922. The number of halogens is 1. The number of carbonyl (C=O) groups excluding carboxylic acids is 1. The predicted octanol–water partition coefficient (Wildman–Crippen LogP) is 2.30. The van der Waals surface area contributed by atoms with Crippen LogP contribution < -0.4 is 14.8 Å². The zero-order valence-corrected chi connectivity index (χ0v) is 13.7. The summed E-state index contributed by atoms with van der Waals surface area (Å²) in [5.74, 6) is 2.17. The number of piperidine rings is 1. The van der Waals surface area contributed by atoms with Gasteiger partial charge in [0.15, 0.2) is 11.5 Å². The zero-order chi connectivity index (χ0) is 14.7. The summed E-state index contributed by atoms with van der Waals surface area (Å²) in [6.07, 6.45) is 2.15. The molecule has 0 aromatic heterocycles. The second-order valence-corrected chi connectivity index (χ2v) is 5.61. The molecule has 2 heterocycles. The van der Waals surface area contributed by atoms with Crippen LogP contribution in [-0.4, -0.2) is 43.8 Å². The molecule has 5 nitrogen and oxygen atoms in total. The largest absolute Gasteiger partial charge is 0.454 e. The van der Waals surface area contributed by atoms with E-state index in [1.54, 1.807) is 6.07 Å². The molecule has 2 aliphatic heterocycles. The first-order valence-electron chi connectivity index (χ1n) is 7.67. The number of benzene rings is 1. The third-order valence-corrected chi connectivity index (χ3v) is 4.20. The minimum Gasteiger partial charge on any atom is -0.454 e. The molecule has 1 aromatic rings. The first-order chi connectivity index (χ1) is 10.3. The van der Waals surface area contributed by atoms with Gasteiger partial charge in [-0.05, 0) is 50.0 Å². The summed E-state index contributed by atoms with van der Waals surface area (Å²) < 4.78 is 10.6. The molecule has 22 heavy (non-hydrogen) atoms. The van der Waals surface area contributed by atoms with E-state index in [9.17, 15) is 4.79 Å². The summed E-state index contributed by atoms with van der Waals surface area (Å²) in [4.78, 5) is 14.5. The number of rotatable bonds is 4. The van der Waals surface area contributed by atoms with Crippen molar-refractivity contribution < 1.29 is 14.3 Å². The fourth-order valence-corrected chi connectivity index (χ4v) is 2.90. The number of ether oxygens (including phenoxy) is 2. The molecule has 1 amide bonds. The number of hydrogen-bond acceptors (Lipinski definition) is 4. The number of amides is 1. The van der Waals surface area contributed by atoms with Crippen molar-refractivity contribution in [3.8, 4) is 11.5 Å². The van der Waals surface area contributed by atoms with E-state index in [0.717, 1.165) is 44.8 Å². The van der Waals surface area contributed by atoms with E-state index in [1.165, 1.54) is 0 Å². The first kappa shape index (κ1) is 16.9. The molecule has 0 spiro atoms. The number of likely N-dealkylation sites (tertiary alicyclic amines) is 1. The Hall–Kier alpha value is -1.46. The molecule has 0 atom stereocenters. The van der Waals surface area contributed by atoms with Crippen LogP contribution >= 0.6 is 12.4 Å². The Morgan fingerprint density at radius 2 is 2.00 bits per heavy atom. The van der Waals surface area contributed by atoms with Crippen LogP contribution in [0.4, 0.5) is 0 Å². The van der Waals surface area contributed by atoms with Gasteiger partial charge in [0.05, 0.1) is 0 Å². The number of hydrogen-bond donors (Lipinski definition) is 1. The number of fused-ring (bicyclic) bond motifs is 1. The molecule has 1 N–H and O–H groups in total. The molecule has 2 aliphatic rings. The van der Waals surface area contributed by atoms with Crippen LogP contribution in [0.2, 0.25) is 0 Å². The van der Waals surface area contributed by atoms with Gasteiger partial charge in [0.1, 0.15) is 0 Å². The lowest BCUT2D eigenvalue weighted by Gasteiger charge is -2.32. The second-order valence-electron chi connectivity index (χ2n) is 5.61. The van der Waals surface area contributed by atoms with E-state index < -0.39 is 0 Å². The molecule has 0 bridgehead atoms. The summed E-state index contributed by atoms with van der Waals surface area (Å²) in [5.41, 5.74) is 0.685. The molecule has 0 unspecified atom stereocenters. The highest BCUT2D eigenvalue weighted by Gasteiger charge is 2.24. The van der Waals surface area contributed by atoms with E-state index in [-0.39, 0.29) is 25.1 Å². The molecule has 1 saturated heterocycles. The fraction of sp³-hybridized carbons (Fsp3) is 0.562. The van der Waals surface area contributed by atoms with Gasteiger partial charge in [-0.25, -0.2) is 0 Å². The van der Waals surface area contributed by atoms with Crippen LogP contribution in [0.15, 0.2) is 18.2 Å². The molecule has 0 aliphatic carbocycles. The van der Waals surface area contributed by atoms with Crippen molar-refractivity contribution in [1.29, 1.82) is 0 Å². The summed E-state index contributed by atoms with van der Waals surface area (Å²) in [7, 11) is 0. The van der Waals surface area contributed by atoms with E-state index in [0.29, 0.717) is 17.2 Å². The SMILES string of the molecule is CCNCC1CCN(C(=O)c2ccc3c(c2)OCO3)CC1.Cl. The number of nitrogens with one attached hydrogen (secondary N) is 1. The summed E-state index contributed by atoms with van der Waals surface area (Å²) in [6, 6.07) is 5.42. The van der Waals surface area contributed by atoms with Crippen LogP contribution in [0.5, 0.6) is 11.5 Å². The van der Waals surface area contributed by atoms with Crippen molar-refractivity contribution >= 4 is 18.3 Å². The molecule has 3 rings (SSSR count). The molecule has 1 aromatic carbocycles. The van der Waals surface area contributed by atoms with Gasteiger partial charge in [-0.2, -0.15) is 0 Å². The van der Waals surface area contributed by atoms with Crippen molar-refractivity contribution in [2.24, 2.45) is 5.92 Å². The summed E-state index contributed by atoms with van der Waals surface area (Å²) in [5, 5.41) is 3.39. The van der Waals surface area contributed by atoms with Crippen molar-refractivity contribution in [2.45, 2.75) is 19.8 Å². The Balaban J connectivity index is 0.00000176. The molecule has 122 valence electrons. The Morgan fingerprint density at radius 3 is 2.73 bits per heavy atom. The lowest BCUT2D eigenvalue weighted by molar-refractivity contribution is 0.0690. The maximum absolute atomic E-state index is 12.5. The summed E-state index contributed by atoms with van der Waals surface area (Å²) in [6.45, 7) is 6.10. The lowest BCUT2D eigenvalue weighted by Crippen LogP contribution is -2.40. The van der Waals surface area contributed by atoms with E-state index in [2.05, 4.69) is 12.2 Å². The summed E-state index contributed by atoms with van der Waals surface area (Å²) >= 11 is 0. The minimum absolute atomic E-state index is 0. The maximum Gasteiger partial charge on any atom is 0.253 e. The van der Waals surface area contributed by atoms with Crippen LogP contribution in [0.1, 0.15) is 30.1 Å². The van der Waals surface area contributed by atoms with Gasteiger partial charge in [-0.15, -0.1) is 12.4 Å². The van der Waals surface area contributed by atoms with Gasteiger partial charge in [-0.3, -0.25) is 4.79 Å². The molecule has 0 radical (unpaired) electrons. The minimum atomic E-state index is 0. The Bertz CT molecular complexity index is 516. The van der Waals surface area contributed by atoms with Crippen LogP contribution in [0, 0.1) is 5.92 Å². The highest BCUT2D eigenvalue weighted by atomic mass is 35.5. The average molecular weight is 327 g/mol. The van der Waals surface area contributed by atoms with E-state index in [1.807, 2.05) is 17.0 Å². The van der Waals surface area contributed by atoms with E-state index in [4.69, 9.17) is 9.47 Å². The third-order valence-electron chi connectivity index (χ3n) is 4.20. The van der Waals surface area contributed by atoms with Crippen LogP contribution in [0.25, 0.3) is 0 Å². The molecule has 1 fully saturated rings. The Morgan fingerprint density at radius 1 is 1.27 bits per heavy atom. The van der Waals surface area contributed by atoms with Gasteiger partial charge in [0, 0.05) is 18.7 Å².